The fraction of sp³-hybridized carbons (Fsp3) is 0.750. The van der Waals surface area contributed by atoms with Crippen molar-refractivity contribution in [2.24, 2.45) is 0 Å². The highest BCUT2D eigenvalue weighted by Gasteiger charge is 2.46. The molecule has 18 heavy (non-hydrogen) atoms. The third kappa shape index (κ3) is 1.63. The molecule has 2 fully saturated rings. The van der Waals surface area contributed by atoms with Crippen LogP contribution in [-0.2, 0) is 5.54 Å². The molecule has 6 nitrogen and oxygen atoms in total. The molecule has 2 aliphatic heterocycles. The van der Waals surface area contributed by atoms with Crippen LogP contribution in [0.3, 0.4) is 0 Å². The van der Waals surface area contributed by atoms with E-state index in [0.29, 0.717) is 12.1 Å². The van der Waals surface area contributed by atoms with E-state index in [9.17, 15) is 4.79 Å². The van der Waals surface area contributed by atoms with E-state index in [1.165, 1.54) is 12.8 Å². The molecule has 0 unspecified atom stereocenters. The molecule has 0 spiro atoms. The molecule has 98 valence electrons. The molecular formula is C12H18N4O2. The van der Waals surface area contributed by atoms with Crippen molar-refractivity contribution in [2.45, 2.75) is 50.2 Å². The molecule has 2 atom stereocenters. The van der Waals surface area contributed by atoms with E-state index in [1.54, 1.807) is 10.9 Å². The standard InChI is InChI=1S/C12H18N4O2/c1-12(16-7-10(11(17)18)13-14-16)5-8-3-4-9(6-12)15(8)2/h7-9H,3-6H2,1-2H3,(H,17,18)/t8-,9-/m1/s1. The Morgan fingerprint density at radius 3 is 2.56 bits per heavy atom. The van der Waals surface area contributed by atoms with Gasteiger partial charge in [-0.15, -0.1) is 5.10 Å². The topological polar surface area (TPSA) is 71.2 Å². The molecule has 3 heterocycles. The van der Waals surface area contributed by atoms with Gasteiger partial charge in [0, 0.05) is 12.1 Å². The average molecular weight is 250 g/mol. The maximum atomic E-state index is 10.9. The van der Waals surface area contributed by atoms with Crippen molar-refractivity contribution in [3.8, 4) is 0 Å². The first-order valence-corrected chi connectivity index (χ1v) is 6.38. The van der Waals surface area contributed by atoms with E-state index in [1.807, 2.05) is 0 Å². The Bertz CT molecular complexity index is 470. The van der Waals surface area contributed by atoms with Gasteiger partial charge in [0.2, 0.25) is 0 Å². The molecule has 0 amide bonds. The second kappa shape index (κ2) is 3.78. The van der Waals surface area contributed by atoms with Crippen LogP contribution in [0.1, 0.15) is 43.1 Å². The minimum Gasteiger partial charge on any atom is -0.476 e. The maximum Gasteiger partial charge on any atom is 0.358 e. The molecule has 0 aliphatic carbocycles. The zero-order valence-electron chi connectivity index (χ0n) is 10.7. The highest BCUT2D eigenvalue weighted by molar-refractivity contribution is 5.84. The molecular weight excluding hydrogens is 232 g/mol. The van der Waals surface area contributed by atoms with Crippen LogP contribution in [0.2, 0.25) is 0 Å². The largest absolute Gasteiger partial charge is 0.476 e. The zero-order valence-corrected chi connectivity index (χ0v) is 10.7. The van der Waals surface area contributed by atoms with Crippen molar-refractivity contribution in [1.29, 1.82) is 0 Å². The Balaban J connectivity index is 1.89. The number of hydrogen-bond donors (Lipinski definition) is 1. The van der Waals surface area contributed by atoms with Gasteiger partial charge < -0.3 is 10.0 Å². The molecule has 2 saturated heterocycles. The lowest BCUT2D eigenvalue weighted by Gasteiger charge is -2.43. The molecule has 2 aliphatic rings. The van der Waals surface area contributed by atoms with Crippen LogP contribution in [0.5, 0.6) is 0 Å². The van der Waals surface area contributed by atoms with Crippen LogP contribution in [0.15, 0.2) is 6.20 Å². The smallest absolute Gasteiger partial charge is 0.358 e. The first-order valence-electron chi connectivity index (χ1n) is 6.38. The minimum absolute atomic E-state index is 0.0301. The third-order valence-corrected chi connectivity index (χ3v) is 4.60. The van der Waals surface area contributed by atoms with Crippen molar-refractivity contribution in [3.05, 3.63) is 11.9 Å². The summed E-state index contributed by atoms with van der Waals surface area (Å²) in [4.78, 5) is 13.3. The molecule has 1 N–H and O–H groups in total. The highest BCUT2D eigenvalue weighted by Crippen LogP contribution is 2.43. The lowest BCUT2D eigenvalue weighted by molar-refractivity contribution is 0.0684. The molecule has 0 aromatic carbocycles. The number of hydrogen-bond acceptors (Lipinski definition) is 4. The quantitative estimate of drug-likeness (QED) is 0.846. The summed E-state index contributed by atoms with van der Waals surface area (Å²) in [6, 6.07) is 1.18. The molecule has 0 radical (unpaired) electrons. The van der Waals surface area contributed by atoms with Crippen molar-refractivity contribution in [1.82, 2.24) is 19.9 Å². The van der Waals surface area contributed by atoms with Gasteiger partial charge in [0.15, 0.2) is 5.69 Å². The van der Waals surface area contributed by atoms with E-state index >= 15 is 0 Å². The number of nitrogens with zero attached hydrogens (tertiary/aromatic N) is 4. The maximum absolute atomic E-state index is 10.9. The molecule has 3 rings (SSSR count). The van der Waals surface area contributed by atoms with Crippen molar-refractivity contribution in [2.75, 3.05) is 7.05 Å². The van der Waals surface area contributed by atoms with Gasteiger partial charge in [-0.3, -0.25) is 0 Å². The van der Waals surface area contributed by atoms with Crippen LogP contribution >= 0.6 is 0 Å². The van der Waals surface area contributed by atoms with Crippen molar-refractivity contribution in [3.63, 3.8) is 0 Å². The van der Waals surface area contributed by atoms with Gasteiger partial charge in [-0.25, -0.2) is 9.48 Å². The number of carboxylic acid groups (broad SMARTS) is 1. The summed E-state index contributed by atoms with van der Waals surface area (Å²) in [5.41, 5.74) is -0.0681. The van der Waals surface area contributed by atoms with Gasteiger partial charge in [0.25, 0.3) is 0 Å². The summed E-state index contributed by atoms with van der Waals surface area (Å²) in [7, 11) is 2.19. The highest BCUT2D eigenvalue weighted by atomic mass is 16.4. The first kappa shape index (κ1) is 11.6. The van der Waals surface area contributed by atoms with Gasteiger partial charge in [-0.1, -0.05) is 5.21 Å². The number of carbonyl (C=O) groups is 1. The molecule has 2 bridgehead atoms. The van der Waals surface area contributed by atoms with E-state index < -0.39 is 5.97 Å². The van der Waals surface area contributed by atoms with Gasteiger partial charge in [0.1, 0.15) is 0 Å². The Morgan fingerprint density at radius 2 is 2.06 bits per heavy atom. The predicted molar refractivity (Wildman–Crippen MR) is 64.4 cm³/mol. The third-order valence-electron chi connectivity index (χ3n) is 4.60. The zero-order chi connectivity index (χ0) is 12.9. The van der Waals surface area contributed by atoms with Crippen LogP contribution in [0.4, 0.5) is 0 Å². The summed E-state index contributed by atoms with van der Waals surface area (Å²) < 4.78 is 1.76. The lowest BCUT2D eigenvalue weighted by Crippen LogP contribution is -2.49. The van der Waals surface area contributed by atoms with Gasteiger partial charge >= 0.3 is 5.97 Å². The summed E-state index contributed by atoms with van der Waals surface area (Å²) in [5.74, 6) is -1.01. The van der Waals surface area contributed by atoms with E-state index in [4.69, 9.17) is 5.11 Å². The van der Waals surface area contributed by atoms with Crippen molar-refractivity contribution < 1.29 is 9.90 Å². The van der Waals surface area contributed by atoms with Gasteiger partial charge in [-0.2, -0.15) is 0 Å². The summed E-state index contributed by atoms with van der Waals surface area (Å²) in [5, 5.41) is 16.7. The number of aromatic nitrogens is 3. The monoisotopic (exact) mass is 250 g/mol. The Labute approximate surface area is 106 Å². The van der Waals surface area contributed by atoms with E-state index in [-0.39, 0.29) is 11.2 Å². The number of rotatable bonds is 2. The molecule has 0 saturated carbocycles. The molecule has 6 heteroatoms. The number of fused-ring (bicyclic) bond motifs is 2. The van der Waals surface area contributed by atoms with Crippen LogP contribution in [0.25, 0.3) is 0 Å². The normalized spacial score (nSPS) is 35.9. The van der Waals surface area contributed by atoms with Crippen LogP contribution in [-0.4, -0.2) is 50.1 Å². The van der Waals surface area contributed by atoms with Gasteiger partial charge in [-0.05, 0) is 39.7 Å². The minimum atomic E-state index is -1.01. The number of aromatic carboxylic acids is 1. The number of piperidine rings is 1. The SMILES string of the molecule is CN1[C@@H]2CC[C@@H]1CC(C)(n1cc(C(=O)O)nn1)C2. The Hall–Kier alpha value is -1.43. The van der Waals surface area contributed by atoms with E-state index in [2.05, 4.69) is 29.2 Å². The fourth-order valence-electron chi connectivity index (χ4n) is 3.49. The summed E-state index contributed by atoms with van der Waals surface area (Å²) in [6.07, 6.45) is 6.06. The van der Waals surface area contributed by atoms with Crippen LogP contribution < -0.4 is 0 Å². The Morgan fingerprint density at radius 1 is 1.44 bits per heavy atom. The second-order valence-corrected chi connectivity index (χ2v) is 5.81. The first-order chi connectivity index (χ1) is 8.49. The Kier molecular flexibility index (Phi) is 2.45. The summed E-state index contributed by atoms with van der Waals surface area (Å²) in [6.45, 7) is 2.16. The predicted octanol–water partition coefficient (Wildman–Crippen LogP) is 0.948. The lowest BCUT2D eigenvalue weighted by atomic mass is 9.85. The molecule has 1 aromatic heterocycles. The number of carboxylic acids is 1. The van der Waals surface area contributed by atoms with Gasteiger partial charge in [0.05, 0.1) is 11.7 Å². The molecule has 1 aromatic rings. The van der Waals surface area contributed by atoms with Crippen molar-refractivity contribution >= 4 is 5.97 Å². The second-order valence-electron chi connectivity index (χ2n) is 5.81. The average Bonchev–Trinajstić information content (AvgIpc) is 2.87. The van der Waals surface area contributed by atoms with E-state index in [0.717, 1.165) is 12.8 Å². The summed E-state index contributed by atoms with van der Waals surface area (Å²) >= 11 is 0. The van der Waals surface area contributed by atoms with Crippen LogP contribution in [0, 0.1) is 0 Å². The fourth-order valence-corrected chi connectivity index (χ4v) is 3.49.